The summed E-state index contributed by atoms with van der Waals surface area (Å²) in [5.74, 6) is -0.443. The molecule has 3 rings (SSSR count). The van der Waals surface area contributed by atoms with E-state index in [0.717, 1.165) is 35.7 Å². The van der Waals surface area contributed by atoms with Gasteiger partial charge in [0.1, 0.15) is 17.4 Å². The van der Waals surface area contributed by atoms with Crippen molar-refractivity contribution in [1.29, 1.82) is 0 Å². The quantitative estimate of drug-likeness (QED) is 0.658. The Bertz CT molecular complexity index is 858. The van der Waals surface area contributed by atoms with Gasteiger partial charge in [-0.05, 0) is 49.6 Å². The summed E-state index contributed by atoms with van der Waals surface area (Å²) in [4.78, 5) is 3.13. The Morgan fingerprint density at radius 2 is 1.96 bits per heavy atom. The number of hydrogen-bond donors (Lipinski definition) is 2. The van der Waals surface area contributed by atoms with Gasteiger partial charge in [-0.15, -0.1) is 0 Å². The zero-order valence-corrected chi connectivity index (χ0v) is 13.5. The van der Waals surface area contributed by atoms with Crippen molar-refractivity contribution in [1.82, 2.24) is 4.98 Å². The predicted octanol–water partition coefficient (Wildman–Crippen LogP) is 4.40. The van der Waals surface area contributed by atoms with E-state index in [1.54, 1.807) is 7.11 Å². The number of unbranched alkanes of at least 4 members (excludes halogenated alkanes) is 1. The lowest BCUT2D eigenvalue weighted by atomic mass is 10.00. The van der Waals surface area contributed by atoms with Gasteiger partial charge in [0.25, 0.3) is 0 Å². The van der Waals surface area contributed by atoms with Gasteiger partial charge in [0, 0.05) is 22.7 Å². The number of aromatic nitrogens is 1. The molecule has 0 aliphatic rings. The molecule has 0 aliphatic carbocycles. The average Bonchev–Trinajstić information content (AvgIpc) is 2.94. The molecule has 5 heteroatoms. The third-order valence-corrected chi connectivity index (χ3v) is 4.17. The molecule has 126 valence electrons. The first-order valence-electron chi connectivity index (χ1n) is 7.98. The fourth-order valence-corrected chi connectivity index (χ4v) is 3.00. The topological polar surface area (TPSA) is 51.0 Å². The number of benzene rings is 2. The van der Waals surface area contributed by atoms with Crippen molar-refractivity contribution in [3.05, 3.63) is 53.6 Å². The van der Waals surface area contributed by atoms with Gasteiger partial charge in [0.2, 0.25) is 0 Å². The number of ether oxygens (including phenoxy) is 1. The number of rotatable bonds is 6. The van der Waals surface area contributed by atoms with Gasteiger partial charge in [-0.3, -0.25) is 0 Å². The summed E-state index contributed by atoms with van der Waals surface area (Å²) in [7, 11) is 1.60. The molecule has 0 unspecified atom stereocenters. The molecule has 0 bridgehead atoms. The molecule has 3 N–H and O–H groups in total. The smallest absolute Gasteiger partial charge is 0.150 e. The minimum atomic E-state index is -0.584. The molecule has 0 aliphatic heterocycles. The number of aromatic amines is 1. The molecular weight excluding hydrogens is 310 g/mol. The zero-order valence-electron chi connectivity index (χ0n) is 13.5. The van der Waals surface area contributed by atoms with Crippen molar-refractivity contribution >= 4 is 10.9 Å². The van der Waals surface area contributed by atoms with E-state index >= 15 is 0 Å². The van der Waals surface area contributed by atoms with Crippen molar-refractivity contribution in [2.45, 2.75) is 19.3 Å². The maximum atomic E-state index is 14.2. The van der Waals surface area contributed by atoms with Crippen LogP contribution in [0.2, 0.25) is 0 Å². The lowest BCUT2D eigenvalue weighted by Crippen LogP contribution is -1.99. The SMILES string of the molecule is COc1cccc(-c2[nH]c3c(F)cc(F)cc3c2CCCCN)c1. The van der Waals surface area contributed by atoms with Crippen LogP contribution in [-0.2, 0) is 6.42 Å². The normalized spacial score (nSPS) is 11.2. The maximum absolute atomic E-state index is 14.2. The van der Waals surface area contributed by atoms with Crippen molar-refractivity contribution in [2.24, 2.45) is 5.73 Å². The predicted molar refractivity (Wildman–Crippen MR) is 92.2 cm³/mol. The van der Waals surface area contributed by atoms with E-state index in [2.05, 4.69) is 4.98 Å². The van der Waals surface area contributed by atoms with Crippen molar-refractivity contribution in [2.75, 3.05) is 13.7 Å². The number of hydrogen-bond acceptors (Lipinski definition) is 2. The molecular formula is C19H20F2N2O. The lowest BCUT2D eigenvalue weighted by Gasteiger charge is -2.07. The van der Waals surface area contributed by atoms with Crippen LogP contribution in [0.5, 0.6) is 5.75 Å². The number of nitrogens with two attached hydrogens (primary N) is 1. The van der Waals surface area contributed by atoms with Crippen LogP contribution in [0.15, 0.2) is 36.4 Å². The van der Waals surface area contributed by atoms with Crippen LogP contribution < -0.4 is 10.5 Å². The second-order valence-corrected chi connectivity index (χ2v) is 5.77. The minimum Gasteiger partial charge on any atom is -0.497 e. The molecule has 0 radical (unpaired) electrons. The van der Waals surface area contributed by atoms with Crippen LogP contribution in [0.25, 0.3) is 22.2 Å². The van der Waals surface area contributed by atoms with Gasteiger partial charge >= 0.3 is 0 Å². The Labute approximate surface area is 139 Å². The van der Waals surface area contributed by atoms with E-state index in [0.29, 0.717) is 29.6 Å². The van der Waals surface area contributed by atoms with Crippen molar-refractivity contribution < 1.29 is 13.5 Å². The van der Waals surface area contributed by atoms with Crippen LogP contribution in [0.1, 0.15) is 18.4 Å². The summed E-state index contributed by atoms with van der Waals surface area (Å²) < 4.78 is 33.1. The van der Waals surface area contributed by atoms with Crippen molar-refractivity contribution in [3.63, 3.8) is 0 Å². The summed E-state index contributed by atoms with van der Waals surface area (Å²) in [5.41, 5.74) is 8.49. The number of nitrogens with one attached hydrogen (secondary N) is 1. The number of methoxy groups -OCH3 is 1. The average molecular weight is 330 g/mol. The largest absolute Gasteiger partial charge is 0.497 e. The second kappa shape index (κ2) is 7.01. The molecule has 1 aromatic heterocycles. The van der Waals surface area contributed by atoms with Gasteiger partial charge in [-0.25, -0.2) is 8.78 Å². The lowest BCUT2D eigenvalue weighted by molar-refractivity contribution is 0.415. The highest BCUT2D eigenvalue weighted by Gasteiger charge is 2.17. The highest BCUT2D eigenvalue weighted by molar-refractivity contribution is 5.91. The van der Waals surface area contributed by atoms with E-state index in [9.17, 15) is 8.78 Å². The summed E-state index contributed by atoms with van der Waals surface area (Å²) in [5, 5.41) is 0.586. The molecule has 0 atom stereocenters. The first-order valence-corrected chi connectivity index (χ1v) is 7.98. The van der Waals surface area contributed by atoms with Crippen LogP contribution in [0.4, 0.5) is 8.78 Å². The molecule has 0 amide bonds. The zero-order chi connectivity index (χ0) is 17.1. The van der Waals surface area contributed by atoms with E-state index in [-0.39, 0.29) is 0 Å². The Hall–Kier alpha value is -2.40. The second-order valence-electron chi connectivity index (χ2n) is 5.77. The van der Waals surface area contributed by atoms with Gasteiger partial charge in [0.05, 0.1) is 12.6 Å². The fourth-order valence-electron chi connectivity index (χ4n) is 3.00. The highest BCUT2D eigenvalue weighted by atomic mass is 19.1. The van der Waals surface area contributed by atoms with Gasteiger partial charge in [0.15, 0.2) is 0 Å². The van der Waals surface area contributed by atoms with Gasteiger partial charge in [-0.1, -0.05) is 12.1 Å². The van der Waals surface area contributed by atoms with Crippen LogP contribution >= 0.6 is 0 Å². The number of H-pyrrole nitrogens is 1. The Morgan fingerprint density at radius 3 is 2.71 bits per heavy atom. The first-order chi connectivity index (χ1) is 11.6. The molecule has 24 heavy (non-hydrogen) atoms. The van der Waals surface area contributed by atoms with Crippen LogP contribution in [0, 0.1) is 11.6 Å². The molecule has 2 aromatic carbocycles. The summed E-state index contributed by atoms with van der Waals surface area (Å²) in [6, 6.07) is 9.81. The monoisotopic (exact) mass is 330 g/mol. The van der Waals surface area contributed by atoms with Crippen LogP contribution in [-0.4, -0.2) is 18.6 Å². The van der Waals surface area contributed by atoms with E-state index in [4.69, 9.17) is 10.5 Å². The Balaban J connectivity index is 2.17. The molecule has 3 aromatic rings. The summed E-state index contributed by atoms with van der Waals surface area (Å²) in [6.07, 6.45) is 2.42. The first kappa shape index (κ1) is 16.5. The Kier molecular flexibility index (Phi) is 4.81. The molecule has 3 nitrogen and oxygen atoms in total. The molecule has 0 saturated carbocycles. The van der Waals surface area contributed by atoms with E-state index in [1.165, 1.54) is 6.07 Å². The molecule has 0 saturated heterocycles. The standard InChI is InChI=1S/C19H20F2N2O/c1-24-14-6-4-5-12(9-14)18-15(7-2-3-8-22)16-10-13(20)11-17(21)19(16)23-18/h4-6,9-11,23H,2-3,7-8,22H2,1H3. The van der Waals surface area contributed by atoms with Gasteiger partial charge < -0.3 is 15.5 Å². The van der Waals surface area contributed by atoms with E-state index < -0.39 is 11.6 Å². The van der Waals surface area contributed by atoms with E-state index in [1.807, 2.05) is 24.3 Å². The summed E-state index contributed by atoms with van der Waals surface area (Å²) in [6.45, 7) is 0.597. The highest BCUT2D eigenvalue weighted by Crippen LogP contribution is 2.34. The summed E-state index contributed by atoms with van der Waals surface area (Å²) >= 11 is 0. The minimum absolute atomic E-state index is 0.331. The third-order valence-electron chi connectivity index (χ3n) is 4.17. The third kappa shape index (κ3) is 3.12. The fraction of sp³-hybridized carbons (Fsp3) is 0.263. The Morgan fingerprint density at radius 1 is 1.12 bits per heavy atom. The molecule has 0 fully saturated rings. The number of aryl methyl sites for hydroxylation is 1. The van der Waals surface area contributed by atoms with Crippen LogP contribution in [0.3, 0.4) is 0 Å². The van der Waals surface area contributed by atoms with Gasteiger partial charge in [-0.2, -0.15) is 0 Å². The van der Waals surface area contributed by atoms with Crippen molar-refractivity contribution in [3.8, 4) is 17.0 Å². The number of halogens is 2. The molecule has 0 spiro atoms. The molecule has 1 heterocycles. The maximum Gasteiger partial charge on any atom is 0.150 e. The number of fused-ring (bicyclic) bond motifs is 1.